The Hall–Kier alpha value is -4.38. The molecule has 150 valence electrons. The van der Waals surface area contributed by atoms with E-state index in [0.717, 1.165) is 0 Å². The van der Waals surface area contributed by atoms with Gasteiger partial charge in [0.2, 0.25) is 5.89 Å². The van der Waals surface area contributed by atoms with Gasteiger partial charge in [-0.1, -0.05) is 0 Å². The van der Waals surface area contributed by atoms with Gasteiger partial charge in [-0.25, -0.2) is 9.67 Å². The predicted molar refractivity (Wildman–Crippen MR) is 103 cm³/mol. The maximum Gasteiger partial charge on any atom is 0.277 e. The lowest BCUT2D eigenvalue weighted by molar-refractivity contribution is 0.0996. The number of anilines is 1. The molecule has 0 aliphatic heterocycles. The molecule has 30 heavy (non-hydrogen) atoms. The lowest BCUT2D eigenvalue weighted by atomic mass is 10.2. The molecule has 0 atom stereocenters. The summed E-state index contributed by atoms with van der Waals surface area (Å²) in [5, 5.41) is 15.9. The van der Waals surface area contributed by atoms with E-state index in [0.29, 0.717) is 16.9 Å². The van der Waals surface area contributed by atoms with Gasteiger partial charge in [-0.3, -0.25) is 19.6 Å². The van der Waals surface area contributed by atoms with Crippen LogP contribution in [0.5, 0.6) is 0 Å². The quantitative estimate of drug-likeness (QED) is 0.430. The van der Waals surface area contributed by atoms with Crippen molar-refractivity contribution in [3.63, 3.8) is 0 Å². The highest BCUT2D eigenvalue weighted by Crippen LogP contribution is 2.21. The van der Waals surface area contributed by atoms with Crippen LogP contribution in [0.1, 0.15) is 26.7 Å². The molecule has 0 aliphatic rings. The van der Waals surface area contributed by atoms with Gasteiger partial charge in [0.05, 0.1) is 36.1 Å². The van der Waals surface area contributed by atoms with E-state index in [2.05, 4.69) is 25.4 Å². The third-order valence-corrected chi connectivity index (χ3v) is 4.07. The number of aliphatic hydroxyl groups excluding tert-OH is 1. The largest absolute Gasteiger partial charge is 0.444 e. The number of oxazole rings is 1. The highest BCUT2D eigenvalue weighted by molar-refractivity contribution is 6.07. The number of aliphatic hydroxyl groups is 1. The number of nitrogens with two attached hydrogens (primary N) is 1. The first kappa shape index (κ1) is 19.0. The molecule has 4 aromatic rings. The first-order chi connectivity index (χ1) is 14.5. The number of aromatic nitrogens is 5. The second-order valence-corrected chi connectivity index (χ2v) is 6.10. The van der Waals surface area contributed by atoms with Crippen molar-refractivity contribution in [1.82, 2.24) is 24.7 Å². The minimum absolute atomic E-state index is 0.0168. The molecule has 0 saturated heterocycles. The van der Waals surface area contributed by atoms with Crippen molar-refractivity contribution < 1.29 is 19.1 Å². The van der Waals surface area contributed by atoms with Crippen LogP contribution >= 0.6 is 0 Å². The fourth-order valence-electron chi connectivity index (χ4n) is 2.66. The van der Waals surface area contributed by atoms with Gasteiger partial charge in [0, 0.05) is 18.0 Å². The molecule has 0 saturated carbocycles. The van der Waals surface area contributed by atoms with Crippen LogP contribution < -0.4 is 11.1 Å². The SMILES string of the molecule is NC(=O)c1nn(-c2cccnc2)cc1NC(=O)c1coc(-c2ccnc(CO)c2)n1. The lowest BCUT2D eigenvalue weighted by Crippen LogP contribution is -2.18. The molecule has 4 rings (SSSR count). The number of amides is 2. The average Bonchev–Trinajstić information content (AvgIpc) is 3.42. The van der Waals surface area contributed by atoms with Gasteiger partial charge < -0.3 is 20.6 Å². The summed E-state index contributed by atoms with van der Waals surface area (Å²) < 4.78 is 6.74. The van der Waals surface area contributed by atoms with Gasteiger partial charge in [0.15, 0.2) is 11.4 Å². The highest BCUT2D eigenvalue weighted by atomic mass is 16.3. The van der Waals surface area contributed by atoms with E-state index in [-0.39, 0.29) is 29.6 Å². The van der Waals surface area contributed by atoms with Gasteiger partial charge in [0.1, 0.15) is 6.26 Å². The number of rotatable bonds is 6. The maximum absolute atomic E-state index is 12.6. The van der Waals surface area contributed by atoms with E-state index in [1.165, 1.54) is 23.3 Å². The topological polar surface area (TPSA) is 162 Å². The third kappa shape index (κ3) is 3.77. The van der Waals surface area contributed by atoms with Gasteiger partial charge in [-0.2, -0.15) is 5.10 Å². The monoisotopic (exact) mass is 405 g/mol. The van der Waals surface area contributed by atoms with Crippen LogP contribution in [0.4, 0.5) is 5.69 Å². The minimum Gasteiger partial charge on any atom is -0.444 e. The summed E-state index contributed by atoms with van der Waals surface area (Å²) in [5.74, 6) is -1.24. The molecular weight excluding hydrogens is 390 g/mol. The summed E-state index contributed by atoms with van der Waals surface area (Å²) in [6.07, 6.45) is 7.27. The molecule has 0 radical (unpaired) electrons. The molecule has 4 N–H and O–H groups in total. The maximum atomic E-state index is 12.6. The number of carbonyl (C=O) groups excluding carboxylic acids is 2. The Morgan fingerprint density at radius 1 is 1.27 bits per heavy atom. The van der Waals surface area contributed by atoms with Gasteiger partial charge in [-0.15, -0.1) is 0 Å². The zero-order valence-corrected chi connectivity index (χ0v) is 15.4. The Balaban J connectivity index is 1.59. The van der Waals surface area contributed by atoms with Crippen LogP contribution in [0, 0.1) is 0 Å². The molecule has 0 bridgehead atoms. The van der Waals surface area contributed by atoms with Crippen LogP contribution in [-0.2, 0) is 6.61 Å². The molecular formula is C19H15N7O4. The number of hydrogen-bond donors (Lipinski definition) is 3. The van der Waals surface area contributed by atoms with E-state index in [9.17, 15) is 14.7 Å². The van der Waals surface area contributed by atoms with E-state index < -0.39 is 11.8 Å². The average molecular weight is 405 g/mol. The van der Waals surface area contributed by atoms with E-state index in [1.807, 2.05) is 0 Å². The van der Waals surface area contributed by atoms with E-state index >= 15 is 0 Å². The third-order valence-electron chi connectivity index (χ3n) is 4.07. The first-order valence-electron chi connectivity index (χ1n) is 8.68. The van der Waals surface area contributed by atoms with Crippen molar-refractivity contribution in [3.05, 3.63) is 72.4 Å². The van der Waals surface area contributed by atoms with Gasteiger partial charge >= 0.3 is 0 Å². The molecule has 0 unspecified atom stereocenters. The van der Waals surface area contributed by atoms with Gasteiger partial charge in [-0.05, 0) is 24.3 Å². The summed E-state index contributed by atoms with van der Waals surface area (Å²) in [6, 6.07) is 6.67. The molecule has 0 fully saturated rings. The Labute approximate surface area is 169 Å². The highest BCUT2D eigenvalue weighted by Gasteiger charge is 2.20. The van der Waals surface area contributed by atoms with Crippen LogP contribution in [-0.4, -0.2) is 41.7 Å². The summed E-state index contributed by atoms with van der Waals surface area (Å²) >= 11 is 0. The van der Waals surface area contributed by atoms with E-state index in [4.69, 9.17) is 10.2 Å². The summed E-state index contributed by atoms with van der Waals surface area (Å²) in [4.78, 5) is 36.5. The number of nitrogens with one attached hydrogen (secondary N) is 1. The molecule has 2 amide bonds. The molecule has 0 aliphatic carbocycles. The fourth-order valence-corrected chi connectivity index (χ4v) is 2.66. The number of hydrogen-bond acceptors (Lipinski definition) is 8. The summed E-state index contributed by atoms with van der Waals surface area (Å²) in [5.41, 5.74) is 6.95. The molecule has 0 spiro atoms. The van der Waals surface area contributed by atoms with Crippen molar-refractivity contribution >= 4 is 17.5 Å². The summed E-state index contributed by atoms with van der Waals surface area (Å²) in [6.45, 7) is -0.237. The number of carbonyl (C=O) groups is 2. The van der Waals surface area contributed by atoms with Crippen molar-refractivity contribution in [2.24, 2.45) is 5.73 Å². The lowest BCUT2D eigenvalue weighted by Gasteiger charge is -2.00. The number of primary amides is 1. The van der Waals surface area contributed by atoms with Crippen molar-refractivity contribution in [3.8, 4) is 17.1 Å². The van der Waals surface area contributed by atoms with E-state index in [1.54, 1.807) is 36.7 Å². The zero-order chi connectivity index (χ0) is 21.1. The Kier molecular flexibility index (Phi) is 5.01. The van der Waals surface area contributed by atoms with Crippen LogP contribution in [0.2, 0.25) is 0 Å². The first-order valence-corrected chi connectivity index (χ1v) is 8.68. The van der Waals surface area contributed by atoms with Crippen molar-refractivity contribution in [2.45, 2.75) is 6.61 Å². The van der Waals surface area contributed by atoms with Crippen LogP contribution in [0.3, 0.4) is 0 Å². The number of nitrogens with zero attached hydrogens (tertiary/aromatic N) is 5. The standard InChI is InChI=1S/C19H15N7O4/c20-17(28)16-14(8-26(25-16)13-2-1-4-21-7-13)23-18(29)15-10-30-19(24-15)11-3-5-22-12(6-11)9-27/h1-8,10,27H,9H2,(H2,20,28)(H,23,29). The Bertz CT molecular complexity index is 1220. The van der Waals surface area contributed by atoms with Crippen molar-refractivity contribution in [1.29, 1.82) is 0 Å². The second-order valence-electron chi connectivity index (χ2n) is 6.10. The number of pyridine rings is 2. The second kappa shape index (κ2) is 7.93. The molecule has 4 heterocycles. The molecule has 11 heteroatoms. The fraction of sp³-hybridized carbons (Fsp3) is 0.0526. The molecule has 4 aromatic heterocycles. The Morgan fingerprint density at radius 3 is 2.87 bits per heavy atom. The predicted octanol–water partition coefficient (Wildman–Crippen LogP) is 1.16. The summed E-state index contributed by atoms with van der Waals surface area (Å²) in [7, 11) is 0. The Morgan fingerprint density at radius 2 is 2.13 bits per heavy atom. The molecule has 0 aromatic carbocycles. The smallest absolute Gasteiger partial charge is 0.277 e. The molecule has 11 nitrogen and oxygen atoms in total. The van der Waals surface area contributed by atoms with Crippen LogP contribution in [0.15, 0.2) is 59.7 Å². The van der Waals surface area contributed by atoms with Crippen molar-refractivity contribution in [2.75, 3.05) is 5.32 Å². The zero-order valence-electron chi connectivity index (χ0n) is 15.4. The minimum atomic E-state index is -0.804. The van der Waals surface area contributed by atoms with Gasteiger partial charge in [0.25, 0.3) is 11.8 Å². The van der Waals surface area contributed by atoms with Crippen LogP contribution in [0.25, 0.3) is 17.1 Å². The normalized spacial score (nSPS) is 10.7.